The van der Waals surface area contributed by atoms with Crippen LogP contribution < -0.4 is 5.32 Å². The van der Waals surface area contributed by atoms with Gasteiger partial charge in [0.15, 0.2) is 0 Å². The van der Waals surface area contributed by atoms with E-state index in [4.69, 9.17) is 0 Å². The highest BCUT2D eigenvalue weighted by Gasteiger charge is 2.32. The molecule has 0 spiro atoms. The van der Waals surface area contributed by atoms with E-state index in [1.54, 1.807) is 12.3 Å². The number of nitrogens with one attached hydrogen (secondary N) is 2. The van der Waals surface area contributed by atoms with E-state index in [1.165, 1.54) is 11.1 Å². The number of fused-ring (bicyclic) bond motifs is 1. The van der Waals surface area contributed by atoms with Crippen molar-refractivity contribution in [1.82, 2.24) is 15.5 Å². The molecule has 1 aliphatic carbocycles. The summed E-state index contributed by atoms with van der Waals surface area (Å²) in [6, 6.07) is 10.3. The van der Waals surface area contributed by atoms with E-state index >= 15 is 0 Å². The highest BCUT2D eigenvalue weighted by molar-refractivity contribution is 5.92. The lowest BCUT2D eigenvalue weighted by atomic mass is 9.90. The Kier molecular flexibility index (Phi) is 3.78. The maximum atomic E-state index is 12.0. The Balaban J connectivity index is 1.71. The smallest absolute Gasteiger partial charge is 0.269 e. The fraction of sp³-hybridized carbons (Fsp3) is 0.412. The molecule has 0 radical (unpaired) electrons. The lowest BCUT2D eigenvalue weighted by Gasteiger charge is -2.16. The second-order valence-corrected chi connectivity index (χ2v) is 6.09. The molecule has 4 heteroatoms. The Morgan fingerprint density at radius 1 is 1.33 bits per heavy atom. The molecule has 3 rings (SSSR count). The number of nitrogens with zero attached hydrogens (tertiary/aromatic N) is 1. The van der Waals surface area contributed by atoms with Crippen LogP contribution in [0.15, 0.2) is 36.5 Å². The molecule has 1 aromatic heterocycles. The number of hydrogen-bond donors (Lipinski definition) is 2. The molecule has 2 atom stereocenters. The number of rotatable bonds is 4. The van der Waals surface area contributed by atoms with Gasteiger partial charge in [0.1, 0.15) is 5.69 Å². The van der Waals surface area contributed by atoms with Crippen molar-refractivity contribution in [2.75, 3.05) is 6.54 Å². The summed E-state index contributed by atoms with van der Waals surface area (Å²) in [7, 11) is 0. The number of benzene rings is 1. The molecule has 0 unspecified atom stereocenters. The highest BCUT2D eigenvalue weighted by atomic mass is 16.1. The average molecular weight is 283 g/mol. The summed E-state index contributed by atoms with van der Waals surface area (Å²) in [4.78, 5) is 12.0. The summed E-state index contributed by atoms with van der Waals surface area (Å²) < 4.78 is 0. The van der Waals surface area contributed by atoms with E-state index < -0.39 is 0 Å². The topological polar surface area (TPSA) is 57.8 Å². The summed E-state index contributed by atoms with van der Waals surface area (Å²) in [6.07, 6.45) is 2.70. The number of carbonyl (C=O) groups is 1. The first-order chi connectivity index (χ1) is 10.2. The third-order valence-corrected chi connectivity index (χ3v) is 4.43. The Labute approximate surface area is 125 Å². The number of aromatic amines is 1. The van der Waals surface area contributed by atoms with Gasteiger partial charge in [0.25, 0.3) is 5.91 Å². The number of hydrogen-bond acceptors (Lipinski definition) is 2. The predicted molar refractivity (Wildman–Crippen MR) is 82.3 cm³/mol. The van der Waals surface area contributed by atoms with E-state index in [9.17, 15) is 4.79 Å². The van der Waals surface area contributed by atoms with E-state index in [0.29, 0.717) is 30.0 Å². The third-order valence-electron chi connectivity index (χ3n) is 4.43. The van der Waals surface area contributed by atoms with Crippen LogP contribution in [0.2, 0.25) is 0 Å². The molecular weight excluding hydrogens is 262 g/mol. The zero-order valence-corrected chi connectivity index (χ0v) is 12.5. The van der Waals surface area contributed by atoms with Gasteiger partial charge >= 0.3 is 0 Å². The largest absolute Gasteiger partial charge is 0.350 e. The maximum Gasteiger partial charge on any atom is 0.269 e. The van der Waals surface area contributed by atoms with Gasteiger partial charge in [-0.1, -0.05) is 38.1 Å². The number of amides is 1. The molecule has 1 aromatic carbocycles. The number of H-pyrrole nitrogens is 1. The molecule has 0 bridgehead atoms. The molecular formula is C17H21N3O. The predicted octanol–water partition coefficient (Wildman–Crippen LogP) is 3.07. The molecule has 21 heavy (non-hydrogen) atoms. The van der Waals surface area contributed by atoms with E-state index in [-0.39, 0.29) is 5.91 Å². The quantitative estimate of drug-likeness (QED) is 0.906. The van der Waals surface area contributed by atoms with Crippen LogP contribution in [-0.2, 0) is 0 Å². The minimum absolute atomic E-state index is 0.0852. The normalized spacial score (nSPS) is 20.5. The van der Waals surface area contributed by atoms with E-state index in [2.05, 4.69) is 53.6 Å². The van der Waals surface area contributed by atoms with Gasteiger partial charge in [-0.3, -0.25) is 9.89 Å². The zero-order chi connectivity index (χ0) is 14.8. The first-order valence-electron chi connectivity index (χ1n) is 7.53. The van der Waals surface area contributed by atoms with Crippen molar-refractivity contribution in [2.24, 2.45) is 5.92 Å². The Hall–Kier alpha value is -2.10. The molecule has 1 aliphatic rings. The van der Waals surface area contributed by atoms with Gasteiger partial charge in [0, 0.05) is 18.7 Å². The van der Waals surface area contributed by atoms with Gasteiger partial charge in [-0.05, 0) is 35.4 Å². The lowest BCUT2D eigenvalue weighted by Crippen LogP contribution is -2.28. The van der Waals surface area contributed by atoms with Gasteiger partial charge in [0.2, 0.25) is 0 Å². The van der Waals surface area contributed by atoms with Crippen molar-refractivity contribution in [2.45, 2.75) is 32.1 Å². The van der Waals surface area contributed by atoms with Crippen LogP contribution in [0.3, 0.4) is 0 Å². The fourth-order valence-corrected chi connectivity index (χ4v) is 3.30. The minimum atomic E-state index is -0.0852. The minimum Gasteiger partial charge on any atom is -0.350 e. The van der Waals surface area contributed by atoms with Crippen molar-refractivity contribution >= 4 is 5.91 Å². The van der Waals surface area contributed by atoms with E-state index in [1.807, 2.05) is 0 Å². The second-order valence-electron chi connectivity index (χ2n) is 6.09. The van der Waals surface area contributed by atoms with Gasteiger partial charge in [-0.25, -0.2) is 0 Å². The first-order valence-corrected chi connectivity index (χ1v) is 7.53. The summed E-state index contributed by atoms with van der Waals surface area (Å²) in [5.41, 5.74) is 3.36. The molecule has 0 saturated carbocycles. The van der Waals surface area contributed by atoms with Gasteiger partial charge in [-0.15, -0.1) is 0 Å². The summed E-state index contributed by atoms with van der Waals surface area (Å²) in [5.74, 6) is 1.54. The molecule has 110 valence electrons. The maximum absolute atomic E-state index is 12.0. The first kappa shape index (κ1) is 13.9. The van der Waals surface area contributed by atoms with Crippen LogP contribution in [0.25, 0.3) is 0 Å². The van der Waals surface area contributed by atoms with Gasteiger partial charge in [0.05, 0.1) is 0 Å². The Morgan fingerprint density at radius 2 is 2.10 bits per heavy atom. The van der Waals surface area contributed by atoms with Crippen molar-refractivity contribution in [1.29, 1.82) is 0 Å². The van der Waals surface area contributed by atoms with Crippen molar-refractivity contribution in [3.63, 3.8) is 0 Å². The average Bonchev–Trinajstić information content (AvgIpc) is 3.13. The van der Waals surface area contributed by atoms with Crippen LogP contribution in [0.1, 0.15) is 53.7 Å². The number of aromatic nitrogens is 2. The Bertz CT molecular complexity index is 619. The fourth-order valence-electron chi connectivity index (χ4n) is 3.30. The van der Waals surface area contributed by atoms with Crippen molar-refractivity contribution < 1.29 is 4.79 Å². The summed E-state index contributed by atoms with van der Waals surface area (Å²) in [6.45, 7) is 5.22. The monoisotopic (exact) mass is 283 g/mol. The molecule has 1 amide bonds. The SMILES string of the molecule is CC(C)[C@@H]1C[C@@H](CNC(=O)c2ccn[nH]2)c2ccccc21. The number of carbonyl (C=O) groups excluding carboxylic acids is 1. The Morgan fingerprint density at radius 3 is 2.76 bits per heavy atom. The van der Waals surface area contributed by atoms with E-state index in [0.717, 1.165) is 6.42 Å². The molecule has 0 fully saturated rings. The van der Waals surface area contributed by atoms with Gasteiger partial charge in [-0.2, -0.15) is 5.10 Å². The molecule has 2 N–H and O–H groups in total. The van der Waals surface area contributed by atoms with Crippen LogP contribution in [0.5, 0.6) is 0 Å². The molecule has 4 nitrogen and oxygen atoms in total. The van der Waals surface area contributed by atoms with Crippen LogP contribution in [0.4, 0.5) is 0 Å². The van der Waals surface area contributed by atoms with Crippen molar-refractivity contribution in [3.05, 3.63) is 53.3 Å². The molecule has 1 heterocycles. The van der Waals surface area contributed by atoms with Crippen LogP contribution in [-0.4, -0.2) is 22.6 Å². The highest BCUT2D eigenvalue weighted by Crippen LogP contribution is 2.44. The third kappa shape index (κ3) is 2.71. The summed E-state index contributed by atoms with van der Waals surface area (Å²) >= 11 is 0. The summed E-state index contributed by atoms with van der Waals surface area (Å²) in [5, 5.41) is 9.52. The van der Waals surface area contributed by atoms with Crippen LogP contribution in [0, 0.1) is 5.92 Å². The zero-order valence-electron chi connectivity index (χ0n) is 12.5. The molecule has 2 aromatic rings. The standard InChI is InChI=1S/C17H21N3O/c1-11(2)15-9-12(13-5-3-4-6-14(13)15)10-18-17(21)16-7-8-19-20-16/h3-8,11-12,15H,9-10H2,1-2H3,(H,18,21)(H,19,20)/t12-,15-/m0/s1. The lowest BCUT2D eigenvalue weighted by molar-refractivity contribution is 0.0945. The molecule has 0 saturated heterocycles. The van der Waals surface area contributed by atoms with Crippen LogP contribution >= 0.6 is 0 Å². The van der Waals surface area contributed by atoms with Gasteiger partial charge < -0.3 is 5.32 Å². The molecule has 0 aliphatic heterocycles. The second kappa shape index (κ2) is 5.72. The van der Waals surface area contributed by atoms with Crippen molar-refractivity contribution in [3.8, 4) is 0 Å².